The molecule has 3 N–H and O–H groups in total. The minimum Gasteiger partial charge on any atom is -0.464 e. The van der Waals surface area contributed by atoms with Crippen LogP contribution in [0, 0.1) is 6.92 Å². The van der Waals surface area contributed by atoms with Gasteiger partial charge in [0.1, 0.15) is 29.0 Å². The van der Waals surface area contributed by atoms with Crippen molar-refractivity contribution >= 4 is 11.6 Å². The first-order chi connectivity index (χ1) is 9.62. The van der Waals surface area contributed by atoms with Crippen LogP contribution < -0.4 is 16.2 Å². The molecule has 6 nitrogen and oxygen atoms in total. The fourth-order valence-corrected chi connectivity index (χ4v) is 1.97. The second kappa shape index (κ2) is 6.38. The van der Waals surface area contributed by atoms with E-state index in [1.807, 2.05) is 37.1 Å². The summed E-state index contributed by atoms with van der Waals surface area (Å²) in [6.45, 7) is 4.69. The van der Waals surface area contributed by atoms with Crippen molar-refractivity contribution in [2.45, 2.75) is 33.2 Å². The zero-order valence-electron chi connectivity index (χ0n) is 12.2. The zero-order chi connectivity index (χ0) is 14.5. The summed E-state index contributed by atoms with van der Waals surface area (Å²) in [4.78, 5) is 10.9. The lowest BCUT2D eigenvalue weighted by atomic mass is 10.3. The van der Waals surface area contributed by atoms with Crippen molar-refractivity contribution in [2.24, 2.45) is 5.84 Å². The van der Waals surface area contributed by atoms with Crippen molar-refractivity contribution in [3.63, 3.8) is 0 Å². The van der Waals surface area contributed by atoms with E-state index in [0.717, 1.165) is 36.0 Å². The van der Waals surface area contributed by atoms with Crippen LogP contribution in [-0.4, -0.2) is 17.0 Å². The lowest BCUT2D eigenvalue weighted by Gasteiger charge is -2.18. The molecule has 0 saturated carbocycles. The molecule has 108 valence electrons. The minimum absolute atomic E-state index is 0.626. The number of hydrogen-bond acceptors (Lipinski definition) is 6. The lowest BCUT2D eigenvalue weighted by molar-refractivity contribution is 0.481. The van der Waals surface area contributed by atoms with Crippen molar-refractivity contribution in [2.75, 3.05) is 17.4 Å². The van der Waals surface area contributed by atoms with Crippen molar-refractivity contribution in [1.82, 2.24) is 9.97 Å². The molecule has 0 amide bonds. The Labute approximate surface area is 119 Å². The first-order valence-electron chi connectivity index (χ1n) is 6.73. The third-order valence-electron chi connectivity index (χ3n) is 2.96. The van der Waals surface area contributed by atoms with Gasteiger partial charge < -0.3 is 14.7 Å². The monoisotopic (exact) mass is 275 g/mol. The first kappa shape index (κ1) is 14.3. The van der Waals surface area contributed by atoms with Crippen LogP contribution in [0.1, 0.15) is 30.7 Å². The van der Waals surface area contributed by atoms with Crippen LogP contribution in [0.15, 0.2) is 22.6 Å². The van der Waals surface area contributed by atoms with Gasteiger partial charge in [-0.2, -0.15) is 0 Å². The van der Waals surface area contributed by atoms with Gasteiger partial charge in [-0.15, -0.1) is 0 Å². The summed E-state index contributed by atoms with van der Waals surface area (Å²) in [5.41, 5.74) is 2.59. The van der Waals surface area contributed by atoms with Crippen LogP contribution >= 0.6 is 0 Å². The van der Waals surface area contributed by atoms with Crippen LogP contribution in [0.4, 0.5) is 11.6 Å². The predicted octanol–water partition coefficient (Wildman–Crippen LogP) is 2.25. The van der Waals surface area contributed by atoms with E-state index >= 15 is 0 Å². The number of hydrogen-bond donors (Lipinski definition) is 2. The van der Waals surface area contributed by atoms with E-state index < -0.39 is 0 Å². The molecule has 0 aliphatic heterocycles. The number of nitrogens with one attached hydrogen (secondary N) is 1. The molecule has 0 atom stereocenters. The van der Waals surface area contributed by atoms with Gasteiger partial charge in [0.25, 0.3) is 0 Å². The first-order valence-corrected chi connectivity index (χ1v) is 6.73. The predicted molar refractivity (Wildman–Crippen MR) is 79.4 cm³/mol. The highest BCUT2D eigenvalue weighted by molar-refractivity contribution is 5.48. The molecule has 0 aromatic carbocycles. The Morgan fingerprint density at radius 2 is 2.15 bits per heavy atom. The standard InChI is InChI=1S/C14H21N5O/c1-4-5-12-16-13(18-15)8-14(17-12)19(3)9-11-7-6-10(2)20-11/h6-8H,4-5,9,15H2,1-3H3,(H,16,17,18). The normalized spacial score (nSPS) is 10.6. The third-order valence-corrected chi connectivity index (χ3v) is 2.96. The highest BCUT2D eigenvalue weighted by Crippen LogP contribution is 2.18. The maximum Gasteiger partial charge on any atom is 0.145 e. The van der Waals surface area contributed by atoms with Gasteiger partial charge in [0.2, 0.25) is 0 Å². The number of nitrogens with zero attached hydrogens (tertiary/aromatic N) is 3. The summed E-state index contributed by atoms with van der Waals surface area (Å²) in [6.07, 6.45) is 1.82. The molecule has 2 aromatic rings. The van der Waals surface area contributed by atoms with Crippen molar-refractivity contribution in [3.05, 3.63) is 35.5 Å². The summed E-state index contributed by atoms with van der Waals surface area (Å²) in [5.74, 6) is 9.52. The fourth-order valence-electron chi connectivity index (χ4n) is 1.97. The Morgan fingerprint density at radius 3 is 2.75 bits per heavy atom. The molecule has 20 heavy (non-hydrogen) atoms. The number of nitrogens with two attached hydrogens (primary N) is 1. The molecule has 2 aromatic heterocycles. The van der Waals surface area contributed by atoms with Crippen LogP contribution in [0.5, 0.6) is 0 Å². The number of aromatic nitrogens is 2. The van der Waals surface area contributed by atoms with Gasteiger partial charge in [-0.05, 0) is 25.5 Å². The highest BCUT2D eigenvalue weighted by Gasteiger charge is 2.10. The number of nitrogen functional groups attached to an aromatic ring is 1. The van der Waals surface area contributed by atoms with Gasteiger partial charge in [0.15, 0.2) is 0 Å². The maximum atomic E-state index is 5.58. The lowest BCUT2D eigenvalue weighted by Crippen LogP contribution is -2.20. The Morgan fingerprint density at radius 1 is 1.35 bits per heavy atom. The molecular weight excluding hydrogens is 254 g/mol. The Balaban J connectivity index is 2.19. The van der Waals surface area contributed by atoms with E-state index in [4.69, 9.17) is 10.3 Å². The Hall–Kier alpha value is -2.08. The molecule has 0 fully saturated rings. The summed E-state index contributed by atoms with van der Waals surface area (Å²) >= 11 is 0. The van der Waals surface area contributed by atoms with Crippen LogP contribution in [0.25, 0.3) is 0 Å². The summed E-state index contributed by atoms with van der Waals surface area (Å²) in [7, 11) is 1.97. The molecule has 0 saturated heterocycles. The molecule has 0 spiro atoms. The third kappa shape index (κ3) is 3.48. The van der Waals surface area contributed by atoms with Crippen LogP contribution in [0.3, 0.4) is 0 Å². The van der Waals surface area contributed by atoms with E-state index in [9.17, 15) is 0 Å². The minimum atomic E-state index is 0.626. The van der Waals surface area contributed by atoms with Gasteiger partial charge in [-0.25, -0.2) is 15.8 Å². The average molecular weight is 275 g/mol. The smallest absolute Gasteiger partial charge is 0.145 e. The summed E-state index contributed by atoms with van der Waals surface area (Å²) < 4.78 is 5.58. The molecule has 2 heterocycles. The van der Waals surface area contributed by atoms with Gasteiger partial charge in [-0.1, -0.05) is 6.92 Å². The van der Waals surface area contributed by atoms with Gasteiger partial charge in [0.05, 0.1) is 6.54 Å². The highest BCUT2D eigenvalue weighted by atomic mass is 16.3. The molecule has 2 rings (SSSR count). The zero-order valence-corrected chi connectivity index (χ0v) is 12.2. The quantitative estimate of drug-likeness (QED) is 0.621. The number of aryl methyl sites for hydroxylation is 2. The topological polar surface area (TPSA) is 80.2 Å². The largest absolute Gasteiger partial charge is 0.464 e. The number of hydrazine groups is 1. The van der Waals surface area contributed by atoms with E-state index in [1.165, 1.54) is 0 Å². The summed E-state index contributed by atoms with van der Waals surface area (Å²) in [5, 5.41) is 0. The van der Waals surface area contributed by atoms with E-state index in [0.29, 0.717) is 12.4 Å². The Kier molecular flexibility index (Phi) is 4.57. The van der Waals surface area contributed by atoms with Gasteiger partial charge >= 0.3 is 0 Å². The molecule has 0 aliphatic rings. The molecule has 0 radical (unpaired) electrons. The maximum absolute atomic E-state index is 5.58. The average Bonchev–Trinajstić information content (AvgIpc) is 2.84. The molecule has 6 heteroatoms. The second-order valence-corrected chi connectivity index (χ2v) is 4.79. The molecule has 0 unspecified atom stereocenters. The van der Waals surface area contributed by atoms with Crippen molar-refractivity contribution < 1.29 is 4.42 Å². The molecular formula is C14H21N5O. The van der Waals surface area contributed by atoms with Crippen molar-refractivity contribution in [1.29, 1.82) is 0 Å². The van der Waals surface area contributed by atoms with Gasteiger partial charge in [-0.3, -0.25) is 0 Å². The molecule has 0 bridgehead atoms. The number of anilines is 2. The van der Waals surface area contributed by atoms with E-state index in [1.54, 1.807) is 0 Å². The fraction of sp³-hybridized carbons (Fsp3) is 0.429. The van der Waals surface area contributed by atoms with Crippen molar-refractivity contribution in [3.8, 4) is 0 Å². The van der Waals surface area contributed by atoms with Gasteiger partial charge in [0, 0.05) is 19.5 Å². The molecule has 0 aliphatic carbocycles. The van der Waals surface area contributed by atoms with Crippen LogP contribution in [-0.2, 0) is 13.0 Å². The number of rotatable bonds is 6. The Bertz CT molecular complexity index is 566. The second-order valence-electron chi connectivity index (χ2n) is 4.79. The summed E-state index contributed by atoms with van der Waals surface area (Å²) in [6, 6.07) is 5.76. The number of furan rings is 1. The van der Waals surface area contributed by atoms with E-state index in [2.05, 4.69) is 22.3 Å². The SMILES string of the molecule is CCCc1nc(NN)cc(N(C)Cc2ccc(C)o2)n1. The van der Waals surface area contributed by atoms with E-state index in [-0.39, 0.29) is 0 Å². The van der Waals surface area contributed by atoms with Crippen LogP contribution in [0.2, 0.25) is 0 Å².